The maximum Gasteiger partial charge on any atom is 0.153 e. The summed E-state index contributed by atoms with van der Waals surface area (Å²) in [5.74, 6) is 0.867. The summed E-state index contributed by atoms with van der Waals surface area (Å²) >= 11 is 1.70. The molecule has 0 bridgehead atoms. The van der Waals surface area contributed by atoms with Crippen LogP contribution in [0.4, 0.5) is 0 Å². The van der Waals surface area contributed by atoms with Gasteiger partial charge in [-0.3, -0.25) is 0 Å². The van der Waals surface area contributed by atoms with E-state index in [1.54, 1.807) is 11.8 Å². The van der Waals surface area contributed by atoms with E-state index < -0.39 is 0 Å². The molecule has 4 heteroatoms. The fourth-order valence-electron chi connectivity index (χ4n) is 1.58. The first-order chi connectivity index (χ1) is 7.02. The molecule has 1 aromatic rings. The molecule has 0 aromatic heterocycles. The van der Waals surface area contributed by atoms with Gasteiger partial charge in [-0.1, -0.05) is 17.8 Å². The van der Waals surface area contributed by atoms with Crippen LogP contribution in [0.15, 0.2) is 23.1 Å². The third kappa shape index (κ3) is 2.12. The maximum atomic E-state index is 8.97. The number of aliphatic hydroxyl groups is 1. The Hall–Kier alpha value is -0.710. The Morgan fingerprint density at radius 1 is 1.53 bits per heavy atom. The summed E-state index contributed by atoms with van der Waals surface area (Å²) in [6, 6.07) is 5.53. The van der Waals surface area contributed by atoms with E-state index in [4.69, 9.17) is 15.6 Å². The van der Waals surface area contributed by atoms with Crippen LogP contribution in [0.3, 0.4) is 0 Å². The average molecular weight is 225 g/mol. The van der Waals surface area contributed by atoms with Gasteiger partial charge in [0.25, 0.3) is 0 Å². The quantitative estimate of drug-likeness (QED) is 0.807. The predicted octanol–water partition coefficient (Wildman–Crippen LogP) is 1.90. The second-order valence-corrected chi connectivity index (χ2v) is 5.73. The van der Waals surface area contributed by atoms with Crippen molar-refractivity contribution < 1.29 is 9.84 Å². The van der Waals surface area contributed by atoms with Crippen molar-refractivity contribution in [1.29, 1.82) is 0 Å². The lowest BCUT2D eigenvalue weighted by molar-refractivity contribution is 0.214. The molecule has 1 unspecified atom stereocenters. The van der Waals surface area contributed by atoms with Crippen molar-refractivity contribution in [3.05, 3.63) is 23.8 Å². The van der Waals surface area contributed by atoms with Gasteiger partial charge in [-0.15, -0.1) is 0 Å². The summed E-state index contributed by atoms with van der Waals surface area (Å²) in [6.45, 7) is 4.02. The Bertz CT molecular complexity index is 379. The predicted molar refractivity (Wildman–Crippen MR) is 61.0 cm³/mol. The summed E-state index contributed by atoms with van der Waals surface area (Å²) in [5, 5.41) is 8.97. The molecular formula is C11H15NO2S. The lowest BCUT2D eigenvalue weighted by atomic mass is 10.1. The van der Waals surface area contributed by atoms with Crippen LogP contribution in [0.2, 0.25) is 0 Å². The fraction of sp³-hybridized carbons (Fsp3) is 0.455. The summed E-state index contributed by atoms with van der Waals surface area (Å²) in [5.41, 5.74) is 6.66. The Morgan fingerprint density at radius 3 is 2.93 bits per heavy atom. The number of ether oxygens (including phenoxy) is 1. The van der Waals surface area contributed by atoms with Crippen molar-refractivity contribution in [3.8, 4) is 5.75 Å². The first-order valence-corrected chi connectivity index (χ1v) is 5.72. The summed E-state index contributed by atoms with van der Waals surface area (Å²) in [6.07, 6.45) is 0. The first kappa shape index (κ1) is 10.8. The third-order valence-electron chi connectivity index (χ3n) is 2.30. The fourth-order valence-corrected chi connectivity index (χ4v) is 2.57. The van der Waals surface area contributed by atoms with E-state index in [1.165, 1.54) is 0 Å². The van der Waals surface area contributed by atoms with Crippen molar-refractivity contribution in [2.24, 2.45) is 5.73 Å². The molecule has 3 N–H and O–H groups in total. The topological polar surface area (TPSA) is 55.5 Å². The molecule has 15 heavy (non-hydrogen) atoms. The molecule has 0 saturated carbocycles. The van der Waals surface area contributed by atoms with Crippen LogP contribution in [-0.4, -0.2) is 16.6 Å². The van der Waals surface area contributed by atoms with E-state index in [2.05, 4.69) is 0 Å². The number of benzene rings is 1. The minimum atomic E-state index is -0.326. The molecule has 0 amide bonds. The third-order valence-corrected chi connectivity index (χ3v) is 3.44. The van der Waals surface area contributed by atoms with E-state index in [-0.39, 0.29) is 17.6 Å². The lowest BCUT2D eigenvalue weighted by Crippen LogP contribution is -2.18. The standard InChI is InChI=1S/C11H15NO2S/c1-11(2)14-9-5-7(8(12)6-13)3-4-10(9)15-11/h3-5,8,13H,6,12H2,1-2H3. The Balaban J connectivity index is 2.30. The zero-order valence-corrected chi connectivity index (χ0v) is 9.67. The van der Waals surface area contributed by atoms with Gasteiger partial charge < -0.3 is 15.6 Å². The highest BCUT2D eigenvalue weighted by atomic mass is 32.2. The Kier molecular flexibility index (Phi) is 2.66. The largest absolute Gasteiger partial charge is 0.476 e. The van der Waals surface area contributed by atoms with Gasteiger partial charge in [0.1, 0.15) is 5.75 Å². The number of rotatable bonds is 2. The smallest absolute Gasteiger partial charge is 0.153 e. The van der Waals surface area contributed by atoms with Crippen LogP contribution >= 0.6 is 11.8 Å². The molecule has 1 aliphatic rings. The van der Waals surface area contributed by atoms with Gasteiger partial charge in [0.05, 0.1) is 17.5 Å². The van der Waals surface area contributed by atoms with Crippen LogP contribution in [0.1, 0.15) is 25.5 Å². The number of aliphatic hydroxyl groups excluding tert-OH is 1. The second kappa shape index (κ2) is 3.70. The molecule has 3 nitrogen and oxygen atoms in total. The molecule has 1 aromatic carbocycles. The summed E-state index contributed by atoms with van der Waals surface area (Å²) in [7, 11) is 0. The highest BCUT2D eigenvalue weighted by molar-refractivity contribution is 8.00. The number of thioether (sulfide) groups is 1. The number of hydrogen-bond acceptors (Lipinski definition) is 4. The number of fused-ring (bicyclic) bond motifs is 1. The van der Waals surface area contributed by atoms with Gasteiger partial charge in [-0.05, 0) is 31.5 Å². The van der Waals surface area contributed by atoms with Crippen LogP contribution in [-0.2, 0) is 0 Å². The van der Waals surface area contributed by atoms with Crippen LogP contribution in [0.5, 0.6) is 5.75 Å². The minimum Gasteiger partial charge on any atom is -0.476 e. The SMILES string of the molecule is CC1(C)Oc2cc(C(N)CO)ccc2S1. The van der Waals surface area contributed by atoms with Crippen molar-refractivity contribution in [1.82, 2.24) is 0 Å². The average Bonchev–Trinajstić information content (AvgIpc) is 2.49. The molecule has 1 atom stereocenters. The van der Waals surface area contributed by atoms with E-state index in [0.717, 1.165) is 16.2 Å². The van der Waals surface area contributed by atoms with Gasteiger partial charge in [0.15, 0.2) is 4.93 Å². The molecular weight excluding hydrogens is 210 g/mol. The van der Waals surface area contributed by atoms with Crippen molar-refractivity contribution >= 4 is 11.8 Å². The van der Waals surface area contributed by atoms with Gasteiger partial charge >= 0.3 is 0 Å². The van der Waals surface area contributed by atoms with Crippen LogP contribution in [0, 0.1) is 0 Å². The normalized spacial score (nSPS) is 19.5. The monoisotopic (exact) mass is 225 g/mol. The minimum absolute atomic E-state index is 0.0463. The molecule has 1 aliphatic heterocycles. The molecule has 2 rings (SSSR count). The molecule has 0 fully saturated rings. The van der Waals surface area contributed by atoms with Crippen molar-refractivity contribution in [2.45, 2.75) is 29.7 Å². The lowest BCUT2D eigenvalue weighted by Gasteiger charge is -2.15. The molecule has 1 heterocycles. The molecule has 82 valence electrons. The molecule has 0 radical (unpaired) electrons. The van der Waals surface area contributed by atoms with Crippen molar-refractivity contribution in [2.75, 3.05) is 6.61 Å². The molecule has 0 aliphatic carbocycles. The zero-order chi connectivity index (χ0) is 11.1. The zero-order valence-electron chi connectivity index (χ0n) is 8.86. The van der Waals surface area contributed by atoms with Gasteiger partial charge in [-0.25, -0.2) is 0 Å². The highest BCUT2D eigenvalue weighted by Gasteiger charge is 2.31. The van der Waals surface area contributed by atoms with Crippen molar-refractivity contribution in [3.63, 3.8) is 0 Å². The van der Waals surface area contributed by atoms with Gasteiger partial charge in [-0.2, -0.15) is 0 Å². The maximum absolute atomic E-state index is 8.97. The Morgan fingerprint density at radius 2 is 2.27 bits per heavy atom. The summed E-state index contributed by atoms with van der Waals surface area (Å²) in [4.78, 5) is 0.929. The van der Waals surface area contributed by atoms with Crippen LogP contribution < -0.4 is 10.5 Å². The van der Waals surface area contributed by atoms with E-state index in [0.29, 0.717) is 0 Å². The molecule has 0 spiro atoms. The molecule has 0 saturated heterocycles. The first-order valence-electron chi connectivity index (χ1n) is 4.90. The van der Waals surface area contributed by atoms with Crippen LogP contribution in [0.25, 0.3) is 0 Å². The van der Waals surface area contributed by atoms with Gasteiger partial charge in [0, 0.05) is 0 Å². The van der Waals surface area contributed by atoms with E-state index in [9.17, 15) is 0 Å². The Labute approximate surface area is 93.6 Å². The van der Waals surface area contributed by atoms with E-state index >= 15 is 0 Å². The summed E-state index contributed by atoms with van der Waals surface area (Å²) < 4.78 is 5.76. The van der Waals surface area contributed by atoms with E-state index in [1.807, 2.05) is 32.0 Å². The van der Waals surface area contributed by atoms with Gasteiger partial charge in [0.2, 0.25) is 0 Å². The second-order valence-electron chi connectivity index (χ2n) is 4.10. The number of hydrogen-bond donors (Lipinski definition) is 2. The number of nitrogens with two attached hydrogens (primary N) is 1. The highest BCUT2D eigenvalue weighted by Crippen LogP contribution is 2.47.